The molecule has 0 saturated carbocycles. The number of hydrogen-bond donors (Lipinski definition) is 1. The summed E-state index contributed by atoms with van der Waals surface area (Å²) in [7, 11) is 0. The Morgan fingerprint density at radius 3 is 2.47 bits per heavy atom. The Kier molecular flexibility index (Phi) is 10.0. The van der Waals surface area contributed by atoms with Crippen molar-refractivity contribution in [1.29, 1.82) is 0 Å². The molecule has 0 aromatic heterocycles. The van der Waals surface area contributed by atoms with Gasteiger partial charge in [0.25, 0.3) is 0 Å². The van der Waals surface area contributed by atoms with Crippen LogP contribution in [0.1, 0.15) is 12.8 Å². The zero-order valence-electron chi connectivity index (χ0n) is 9.68. The summed E-state index contributed by atoms with van der Waals surface area (Å²) in [4.78, 5) is 23.4. The minimum absolute atomic E-state index is 0.191. The molecular weight excluding hydrogens is 226 g/mol. The average Bonchev–Trinajstić information content (AvgIpc) is 2.31. The molecule has 0 amide bonds. The first-order valence-electron chi connectivity index (χ1n) is 5.28. The minimum Gasteiger partial charge on any atom is -0.478 e. The summed E-state index contributed by atoms with van der Waals surface area (Å²) in [5, 5.41) is 8.53. The molecule has 0 bridgehead atoms. The monoisotopic (exact) mass is 243 g/mol. The van der Waals surface area contributed by atoms with Crippen molar-refractivity contribution < 1.29 is 24.2 Å². The van der Waals surface area contributed by atoms with Crippen molar-refractivity contribution >= 4 is 12.0 Å². The van der Waals surface area contributed by atoms with Crippen molar-refractivity contribution in [2.24, 2.45) is 4.99 Å². The lowest BCUT2D eigenvalue weighted by Crippen LogP contribution is -2.08. The fraction of sp³-hybridized carbons (Fsp3) is 0.636. The second-order valence-corrected chi connectivity index (χ2v) is 3.21. The van der Waals surface area contributed by atoms with Crippen LogP contribution in [-0.4, -0.2) is 50.1 Å². The molecule has 0 unspecified atom stereocenters. The maximum atomic E-state index is 10.4. The molecule has 6 nitrogen and oxygen atoms in total. The highest BCUT2D eigenvalue weighted by Gasteiger charge is 2.02. The van der Waals surface area contributed by atoms with E-state index >= 15 is 0 Å². The van der Waals surface area contributed by atoms with Crippen LogP contribution in [0.3, 0.4) is 0 Å². The number of ether oxygens (including phenoxy) is 2. The van der Waals surface area contributed by atoms with E-state index in [9.17, 15) is 9.59 Å². The number of hydrogen-bond acceptors (Lipinski definition) is 5. The van der Waals surface area contributed by atoms with Crippen molar-refractivity contribution in [3.63, 3.8) is 0 Å². The molecule has 0 atom stereocenters. The van der Waals surface area contributed by atoms with E-state index in [1.54, 1.807) is 0 Å². The van der Waals surface area contributed by atoms with Gasteiger partial charge >= 0.3 is 5.97 Å². The molecule has 6 heteroatoms. The van der Waals surface area contributed by atoms with Gasteiger partial charge in [0.2, 0.25) is 6.08 Å². The van der Waals surface area contributed by atoms with Gasteiger partial charge in [0.1, 0.15) is 0 Å². The summed E-state index contributed by atoms with van der Waals surface area (Å²) in [6.07, 6.45) is 2.46. The number of carboxylic acids is 1. The molecule has 0 saturated heterocycles. The third kappa shape index (κ3) is 10.8. The van der Waals surface area contributed by atoms with Gasteiger partial charge in [-0.25, -0.2) is 14.6 Å². The lowest BCUT2D eigenvalue weighted by molar-refractivity contribution is -0.132. The highest BCUT2D eigenvalue weighted by molar-refractivity contribution is 5.85. The maximum absolute atomic E-state index is 10.4. The van der Waals surface area contributed by atoms with E-state index < -0.39 is 5.97 Å². The van der Waals surface area contributed by atoms with Crippen LogP contribution in [0, 0.1) is 0 Å². The fourth-order valence-electron chi connectivity index (χ4n) is 0.972. The van der Waals surface area contributed by atoms with E-state index in [2.05, 4.69) is 11.6 Å². The number of isocyanates is 1. The summed E-state index contributed by atoms with van der Waals surface area (Å²) in [5.74, 6) is -0.968. The van der Waals surface area contributed by atoms with Crippen molar-refractivity contribution in [2.75, 3.05) is 33.0 Å². The van der Waals surface area contributed by atoms with Gasteiger partial charge < -0.3 is 14.6 Å². The Bertz CT molecular complexity index is 284. The summed E-state index contributed by atoms with van der Waals surface area (Å²) in [6, 6.07) is 0. The van der Waals surface area contributed by atoms with Gasteiger partial charge in [0.05, 0.1) is 26.4 Å². The Labute approximate surface area is 99.9 Å². The second kappa shape index (κ2) is 11.0. The highest BCUT2D eigenvalue weighted by atomic mass is 16.5. The molecule has 0 rings (SSSR count). The molecule has 0 radical (unpaired) electrons. The van der Waals surface area contributed by atoms with Crippen LogP contribution in [0.5, 0.6) is 0 Å². The van der Waals surface area contributed by atoms with Crippen LogP contribution in [-0.2, 0) is 19.1 Å². The van der Waals surface area contributed by atoms with E-state index in [4.69, 9.17) is 14.6 Å². The molecule has 0 aliphatic carbocycles. The standard InChI is InChI=1S/C11H17NO5/c1-10(11(14)15)3-2-5-16-7-8-17-6-4-12-9-13/h1-8H2,(H,14,15). The number of carboxylic acid groups (broad SMARTS) is 1. The quantitative estimate of drug-likeness (QED) is 0.251. The number of rotatable bonds is 11. The Morgan fingerprint density at radius 2 is 1.88 bits per heavy atom. The Balaban J connectivity index is 3.16. The zero-order valence-corrected chi connectivity index (χ0v) is 9.68. The molecule has 0 aliphatic rings. The molecule has 0 heterocycles. The number of nitrogens with zero attached hydrogens (tertiary/aromatic N) is 1. The molecule has 0 aliphatic heterocycles. The molecule has 1 N–H and O–H groups in total. The fourth-order valence-corrected chi connectivity index (χ4v) is 0.972. The van der Waals surface area contributed by atoms with Crippen molar-refractivity contribution in [3.05, 3.63) is 12.2 Å². The molecular formula is C11H17NO5. The highest BCUT2D eigenvalue weighted by Crippen LogP contribution is 2.01. The van der Waals surface area contributed by atoms with Crippen LogP contribution >= 0.6 is 0 Å². The number of carbonyl (C=O) groups excluding carboxylic acids is 1. The summed E-state index contributed by atoms with van der Waals surface area (Å²) in [6.45, 7) is 5.42. The molecule has 0 aromatic carbocycles. The first-order chi connectivity index (χ1) is 8.18. The Morgan fingerprint density at radius 1 is 1.24 bits per heavy atom. The maximum Gasteiger partial charge on any atom is 0.330 e. The third-order valence-electron chi connectivity index (χ3n) is 1.85. The topological polar surface area (TPSA) is 85.2 Å². The number of aliphatic carboxylic acids is 1. The lowest BCUT2D eigenvalue weighted by atomic mass is 10.2. The van der Waals surface area contributed by atoms with Crippen LogP contribution in [0.25, 0.3) is 0 Å². The summed E-state index contributed by atoms with van der Waals surface area (Å²) < 4.78 is 10.3. The van der Waals surface area contributed by atoms with Gasteiger partial charge in [-0.2, -0.15) is 0 Å². The third-order valence-corrected chi connectivity index (χ3v) is 1.85. The predicted octanol–water partition coefficient (Wildman–Crippen LogP) is 0.776. The molecule has 0 spiro atoms. The van der Waals surface area contributed by atoms with E-state index in [0.29, 0.717) is 45.8 Å². The first kappa shape index (κ1) is 15.5. The van der Waals surface area contributed by atoms with E-state index in [1.165, 1.54) is 6.08 Å². The number of aliphatic imine (C=N–C) groups is 1. The summed E-state index contributed by atoms with van der Waals surface area (Å²) in [5.41, 5.74) is 0.191. The molecule has 0 fully saturated rings. The van der Waals surface area contributed by atoms with Crippen molar-refractivity contribution in [3.8, 4) is 0 Å². The average molecular weight is 243 g/mol. The first-order valence-corrected chi connectivity index (χ1v) is 5.28. The van der Waals surface area contributed by atoms with E-state index in [0.717, 1.165) is 0 Å². The van der Waals surface area contributed by atoms with Crippen LogP contribution in [0.4, 0.5) is 0 Å². The van der Waals surface area contributed by atoms with Crippen molar-refractivity contribution in [1.82, 2.24) is 0 Å². The molecule has 0 aromatic rings. The zero-order chi connectivity index (χ0) is 12.9. The smallest absolute Gasteiger partial charge is 0.330 e. The lowest BCUT2D eigenvalue weighted by Gasteiger charge is -2.04. The summed E-state index contributed by atoms with van der Waals surface area (Å²) >= 11 is 0. The molecule has 17 heavy (non-hydrogen) atoms. The second-order valence-electron chi connectivity index (χ2n) is 3.21. The SMILES string of the molecule is C=C(CCCOCCOCCN=C=O)C(=O)O. The normalized spacial score (nSPS) is 9.65. The van der Waals surface area contributed by atoms with Gasteiger partial charge in [-0.15, -0.1) is 0 Å². The van der Waals surface area contributed by atoms with Gasteiger partial charge in [-0.3, -0.25) is 0 Å². The van der Waals surface area contributed by atoms with Gasteiger partial charge in [-0.05, 0) is 12.8 Å². The van der Waals surface area contributed by atoms with Crippen molar-refractivity contribution in [2.45, 2.75) is 12.8 Å². The van der Waals surface area contributed by atoms with E-state index in [-0.39, 0.29) is 5.57 Å². The van der Waals surface area contributed by atoms with Gasteiger partial charge in [-0.1, -0.05) is 6.58 Å². The van der Waals surface area contributed by atoms with Gasteiger partial charge in [0, 0.05) is 12.2 Å². The number of carbonyl (C=O) groups is 1. The predicted molar refractivity (Wildman–Crippen MR) is 60.6 cm³/mol. The van der Waals surface area contributed by atoms with Crippen LogP contribution < -0.4 is 0 Å². The van der Waals surface area contributed by atoms with E-state index in [1.807, 2.05) is 0 Å². The minimum atomic E-state index is -0.968. The van der Waals surface area contributed by atoms with Crippen LogP contribution in [0.15, 0.2) is 17.1 Å². The molecule has 96 valence electrons. The largest absolute Gasteiger partial charge is 0.478 e. The Hall–Kier alpha value is -1.49. The van der Waals surface area contributed by atoms with Gasteiger partial charge in [0.15, 0.2) is 0 Å². The van der Waals surface area contributed by atoms with Crippen LogP contribution in [0.2, 0.25) is 0 Å².